The minimum Gasteiger partial charge on any atom is -0.0596 e. The van der Waals surface area contributed by atoms with Gasteiger partial charge in [-0.1, -0.05) is 69.2 Å². The molecule has 0 bridgehead atoms. The maximum absolute atomic E-state index is 2.41. The van der Waals surface area contributed by atoms with Crippen LogP contribution in [0.15, 0.2) is 0 Å². The molecule has 2 aliphatic carbocycles. The number of hydrogen-bond donors (Lipinski definition) is 0. The normalized spacial score (nSPS) is 24.2. The summed E-state index contributed by atoms with van der Waals surface area (Å²) in [6.45, 7) is 23.3. The van der Waals surface area contributed by atoms with Crippen molar-refractivity contribution < 1.29 is 0 Å². The summed E-state index contributed by atoms with van der Waals surface area (Å²) in [6, 6.07) is 0. The van der Waals surface area contributed by atoms with Gasteiger partial charge < -0.3 is 0 Å². The fourth-order valence-electron chi connectivity index (χ4n) is 3.32. The molecule has 2 rings (SSSR count). The van der Waals surface area contributed by atoms with Gasteiger partial charge in [-0.3, -0.25) is 0 Å². The molecular formula is C24H36. The Balaban J connectivity index is 2.11. The standard InChI is InChI=1S/C24H36/c1-21(2,3)17-11-13-19(15-17)23(7,8)24(9,10)20-14-12-18(16-20)22(4,5)6/h11-16H,1-10H3. The summed E-state index contributed by atoms with van der Waals surface area (Å²) in [5.74, 6) is 5.74. The van der Waals surface area contributed by atoms with Crippen LogP contribution in [0.3, 0.4) is 0 Å². The van der Waals surface area contributed by atoms with E-state index in [1.807, 2.05) is 0 Å². The molecule has 10 radical (unpaired) electrons. The van der Waals surface area contributed by atoms with Gasteiger partial charge in [-0.2, -0.15) is 0 Å². The Kier molecular flexibility index (Phi) is 5.34. The molecule has 0 aromatic rings. The van der Waals surface area contributed by atoms with Crippen LogP contribution in [0.5, 0.6) is 0 Å². The van der Waals surface area contributed by atoms with Crippen LogP contribution in [0.2, 0.25) is 0 Å². The summed E-state index contributed by atoms with van der Waals surface area (Å²) >= 11 is 0. The van der Waals surface area contributed by atoms with Crippen molar-refractivity contribution in [2.45, 2.75) is 69.2 Å². The Morgan fingerprint density at radius 2 is 0.667 bits per heavy atom. The molecule has 0 aromatic heterocycles. The minimum absolute atomic E-state index is 0.0695. The number of rotatable bonds is 3. The molecule has 0 aliphatic heterocycles. The van der Waals surface area contributed by atoms with E-state index in [-0.39, 0.29) is 21.7 Å². The lowest BCUT2D eigenvalue weighted by atomic mass is 9.54. The summed E-state index contributed by atoms with van der Waals surface area (Å²) in [4.78, 5) is 0. The largest absolute Gasteiger partial charge is 0.0596 e. The molecule has 0 amide bonds. The van der Waals surface area contributed by atoms with E-state index in [1.54, 1.807) is 0 Å². The van der Waals surface area contributed by atoms with Crippen molar-refractivity contribution in [2.75, 3.05) is 0 Å². The Morgan fingerprint density at radius 1 is 0.417 bits per heavy atom. The smallest absolute Gasteiger partial charge is 0.0102 e. The van der Waals surface area contributed by atoms with E-state index in [1.165, 1.54) is 23.7 Å². The molecule has 0 saturated heterocycles. The van der Waals surface area contributed by atoms with Crippen LogP contribution in [-0.4, -0.2) is 0 Å². The topological polar surface area (TPSA) is 0 Å². The molecule has 0 spiro atoms. The first-order chi connectivity index (χ1) is 10.7. The Labute approximate surface area is 153 Å². The zero-order valence-electron chi connectivity index (χ0n) is 17.5. The molecule has 24 heavy (non-hydrogen) atoms. The molecule has 132 valence electrons. The minimum atomic E-state index is 0.0695. The first-order valence-corrected chi connectivity index (χ1v) is 9.23. The molecule has 0 nitrogen and oxygen atoms in total. The fraction of sp³-hybridized carbons (Fsp3) is 0.583. The van der Waals surface area contributed by atoms with Gasteiger partial charge >= 0.3 is 0 Å². The van der Waals surface area contributed by atoms with Crippen LogP contribution in [0.1, 0.15) is 69.2 Å². The van der Waals surface area contributed by atoms with Crippen LogP contribution in [0.25, 0.3) is 0 Å². The van der Waals surface area contributed by atoms with Gasteiger partial charge in [-0.15, -0.1) is 0 Å². The van der Waals surface area contributed by atoms with Crippen LogP contribution < -0.4 is 0 Å². The monoisotopic (exact) mass is 324 g/mol. The SMILES string of the molecule is CC(C)(C)[C]1[CH][CH][C](C(C)(C)C(C)(C)[C]2[CH][CH][C](C(C)(C)C)[CH]2)[CH]1. The van der Waals surface area contributed by atoms with Crippen molar-refractivity contribution in [3.63, 3.8) is 0 Å². The third kappa shape index (κ3) is 3.73. The summed E-state index contributed by atoms with van der Waals surface area (Å²) in [5.41, 5.74) is 0.552. The molecule has 0 heteroatoms. The van der Waals surface area contributed by atoms with E-state index in [0.717, 1.165) is 0 Å². The summed E-state index contributed by atoms with van der Waals surface area (Å²) in [5, 5.41) is 0. The zero-order valence-corrected chi connectivity index (χ0v) is 17.5. The summed E-state index contributed by atoms with van der Waals surface area (Å²) in [6.07, 6.45) is 14.1. The first kappa shape index (κ1) is 20.3. The molecule has 2 aliphatic rings. The van der Waals surface area contributed by atoms with Gasteiger partial charge in [-0.25, -0.2) is 0 Å². The molecule has 0 unspecified atom stereocenters. The van der Waals surface area contributed by atoms with Crippen LogP contribution in [-0.2, 0) is 0 Å². The van der Waals surface area contributed by atoms with Crippen LogP contribution in [0.4, 0.5) is 0 Å². The highest BCUT2D eigenvalue weighted by molar-refractivity contribution is 5.53. The van der Waals surface area contributed by atoms with Gasteiger partial charge in [0, 0.05) is 0 Å². The lowest BCUT2D eigenvalue weighted by Crippen LogP contribution is -2.42. The van der Waals surface area contributed by atoms with E-state index < -0.39 is 0 Å². The van der Waals surface area contributed by atoms with Gasteiger partial charge in [0.05, 0.1) is 0 Å². The summed E-state index contributed by atoms with van der Waals surface area (Å²) < 4.78 is 0. The van der Waals surface area contributed by atoms with Crippen molar-refractivity contribution in [1.29, 1.82) is 0 Å². The predicted molar refractivity (Wildman–Crippen MR) is 105 cm³/mol. The van der Waals surface area contributed by atoms with Crippen molar-refractivity contribution in [2.24, 2.45) is 21.7 Å². The molecule has 2 fully saturated rings. The second-order valence-corrected chi connectivity index (χ2v) is 10.5. The van der Waals surface area contributed by atoms with Gasteiger partial charge in [0.25, 0.3) is 0 Å². The average Bonchev–Trinajstić information content (AvgIpc) is 3.07. The quantitative estimate of drug-likeness (QED) is 0.543. The fourth-order valence-corrected chi connectivity index (χ4v) is 3.32. The first-order valence-electron chi connectivity index (χ1n) is 9.23. The van der Waals surface area contributed by atoms with Crippen molar-refractivity contribution in [1.82, 2.24) is 0 Å². The molecule has 0 heterocycles. The maximum Gasteiger partial charge on any atom is -0.0102 e. The van der Waals surface area contributed by atoms with Gasteiger partial charge in [-0.05, 0) is 83.9 Å². The molecular weight excluding hydrogens is 288 g/mol. The van der Waals surface area contributed by atoms with Gasteiger partial charge in [0.15, 0.2) is 0 Å². The predicted octanol–water partition coefficient (Wildman–Crippen LogP) is 6.68. The van der Waals surface area contributed by atoms with E-state index >= 15 is 0 Å². The maximum atomic E-state index is 2.41. The number of hydrogen-bond acceptors (Lipinski definition) is 0. The van der Waals surface area contributed by atoms with Crippen molar-refractivity contribution in [3.05, 3.63) is 62.2 Å². The van der Waals surface area contributed by atoms with E-state index in [0.29, 0.717) is 0 Å². The Bertz CT molecular complexity index is 384. The van der Waals surface area contributed by atoms with Crippen molar-refractivity contribution >= 4 is 0 Å². The van der Waals surface area contributed by atoms with Crippen molar-refractivity contribution in [3.8, 4) is 0 Å². The van der Waals surface area contributed by atoms with E-state index in [9.17, 15) is 0 Å². The van der Waals surface area contributed by atoms with Gasteiger partial charge in [0.2, 0.25) is 0 Å². The molecule has 0 N–H and O–H groups in total. The van der Waals surface area contributed by atoms with Crippen LogP contribution >= 0.6 is 0 Å². The van der Waals surface area contributed by atoms with E-state index in [2.05, 4.69) is 108 Å². The molecule has 0 aromatic carbocycles. The lowest BCUT2D eigenvalue weighted by molar-refractivity contribution is 0.159. The molecule has 0 atom stereocenters. The highest BCUT2D eigenvalue weighted by atomic mass is 14.6. The highest BCUT2D eigenvalue weighted by Crippen LogP contribution is 2.61. The third-order valence-corrected chi connectivity index (χ3v) is 6.24. The highest BCUT2D eigenvalue weighted by Gasteiger charge is 2.53. The van der Waals surface area contributed by atoms with Crippen LogP contribution in [0, 0.1) is 83.9 Å². The second kappa shape index (κ2) is 6.31. The van der Waals surface area contributed by atoms with E-state index in [4.69, 9.17) is 0 Å². The van der Waals surface area contributed by atoms with Gasteiger partial charge in [0.1, 0.15) is 0 Å². The lowest BCUT2D eigenvalue weighted by Gasteiger charge is -2.49. The third-order valence-electron chi connectivity index (χ3n) is 6.24. The zero-order chi connectivity index (χ0) is 18.6. The Hall–Kier alpha value is 0. The second-order valence-electron chi connectivity index (χ2n) is 10.5. The Morgan fingerprint density at radius 3 is 0.875 bits per heavy atom. The molecule has 2 saturated carbocycles. The average molecular weight is 325 g/mol. The summed E-state index contributed by atoms with van der Waals surface area (Å²) in [7, 11) is 0.